The predicted molar refractivity (Wildman–Crippen MR) is 53.0 cm³/mol. The minimum atomic E-state index is -0.489. The van der Waals surface area contributed by atoms with Gasteiger partial charge in [0.1, 0.15) is 6.61 Å². The number of hydrogen-bond acceptors (Lipinski definition) is 5. The largest absolute Gasteiger partial charge is 0.474 e. The molecular formula is C8H14N4O2. The summed E-state index contributed by atoms with van der Waals surface area (Å²) in [7, 11) is 0. The van der Waals surface area contributed by atoms with Crippen LogP contribution in [0, 0.1) is 0 Å². The molecule has 1 aromatic heterocycles. The summed E-state index contributed by atoms with van der Waals surface area (Å²) in [6, 6.07) is 0. The second-order valence-electron chi connectivity index (χ2n) is 3.73. The van der Waals surface area contributed by atoms with Crippen molar-refractivity contribution in [3.05, 3.63) is 16.7 Å². The summed E-state index contributed by atoms with van der Waals surface area (Å²) in [4.78, 5) is 17.2. The van der Waals surface area contributed by atoms with Gasteiger partial charge in [-0.2, -0.15) is 0 Å². The van der Waals surface area contributed by atoms with Crippen LogP contribution in [0.2, 0.25) is 0 Å². The van der Waals surface area contributed by atoms with Gasteiger partial charge in [0.05, 0.1) is 6.33 Å². The summed E-state index contributed by atoms with van der Waals surface area (Å²) in [6.45, 7) is 3.85. The Labute approximate surface area is 81.3 Å². The number of ether oxygens (including phenoxy) is 1. The minimum Gasteiger partial charge on any atom is -0.474 e. The van der Waals surface area contributed by atoms with Crippen LogP contribution in [-0.2, 0) is 0 Å². The van der Waals surface area contributed by atoms with Crippen molar-refractivity contribution in [2.45, 2.75) is 19.4 Å². The highest BCUT2D eigenvalue weighted by molar-refractivity contribution is 5.44. The third-order valence-electron chi connectivity index (χ3n) is 1.43. The molecule has 14 heavy (non-hydrogen) atoms. The smallest absolute Gasteiger partial charge is 0.277 e. The van der Waals surface area contributed by atoms with Crippen molar-refractivity contribution in [3.63, 3.8) is 0 Å². The van der Waals surface area contributed by atoms with E-state index >= 15 is 0 Å². The predicted octanol–water partition coefficient (Wildman–Crippen LogP) is -0.532. The van der Waals surface area contributed by atoms with Gasteiger partial charge in [0.15, 0.2) is 5.69 Å². The van der Waals surface area contributed by atoms with E-state index in [9.17, 15) is 4.79 Å². The van der Waals surface area contributed by atoms with E-state index in [0.29, 0.717) is 0 Å². The SMILES string of the molecule is CC(C)(N)COc1nc[nH]c(=O)c1N. The standard InChI is InChI=1S/C8H14N4O2/c1-8(2,10)3-14-7-5(9)6(13)11-4-12-7/h4H,3,9-10H2,1-2H3,(H,11,12,13). The van der Waals surface area contributed by atoms with Gasteiger partial charge in [-0.3, -0.25) is 4.79 Å². The van der Waals surface area contributed by atoms with E-state index in [-0.39, 0.29) is 18.2 Å². The topological polar surface area (TPSA) is 107 Å². The zero-order chi connectivity index (χ0) is 10.8. The van der Waals surface area contributed by atoms with E-state index in [4.69, 9.17) is 16.2 Å². The molecule has 0 saturated heterocycles. The van der Waals surface area contributed by atoms with Crippen LogP contribution in [0.15, 0.2) is 11.1 Å². The second-order valence-corrected chi connectivity index (χ2v) is 3.73. The number of hydrogen-bond donors (Lipinski definition) is 3. The van der Waals surface area contributed by atoms with Gasteiger partial charge >= 0.3 is 0 Å². The number of anilines is 1. The Morgan fingerprint density at radius 2 is 2.29 bits per heavy atom. The van der Waals surface area contributed by atoms with Crippen molar-refractivity contribution >= 4 is 5.69 Å². The van der Waals surface area contributed by atoms with E-state index < -0.39 is 11.1 Å². The van der Waals surface area contributed by atoms with Gasteiger partial charge in [-0.15, -0.1) is 0 Å². The summed E-state index contributed by atoms with van der Waals surface area (Å²) in [5.41, 5.74) is 10.2. The number of aromatic amines is 1. The van der Waals surface area contributed by atoms with Crippen LogP contribution in [0.3, 0.4) is 0 Å². The average molecular weight is 198 g/mol. The molecule has 5 N–H and O–H groups in total. The number of nitrogens with zero attached hydrogens (tertiary/aromatic N) is 1. The lowest BCUT2D eigenvalue weighted by Crippen LogP contribution is -2.39. The van der Waals surface area contributed by atoms with E-state index in [1.807, 2.05) is 0 Å². The Balaban J connectivity index is 2.78. The van der Waals surface area contributed by atoms with Crippen molar-refractivity contribution in [2.24, 2.45) is 5.73 Å². The van der Waals surface area contributed by atoms with Gasteiger partial charge in [-0.25, -0.2) is 4.98 Å². The summed E-state index contributed by atoms with van der Waals surface area (Å²) in [5.74, 6) is 0.118. The zero-order valence-corrected chi connectivity index (χ0v) is 8.20. The third kappa shape index (κ3) is 2.74. The monoisotopic (exact) mass is 198 g/mol. The first-order chi connectivity index (χ1) is 6.40. The number of aromatic nitrogens is 2. The Bertz CT molecular complexity index is 366. The molecule has 78 valence electrons. The highest BCUT2D eigenvalue weighted by Gasteiger charge is 2.14. The number of nitrogens with two attached hydrogens (primary N) is 2. The van der Waals surface area contributed by atoms with E-state index in [2.05, 4.69) is 9.97 Å². The lowest BCUT2D eigenvalue weighted by Gasteiger charge is -2.18. The van der Waals surface area contributed by atoms with Crippen LogP contribution < -0.4 is 21.8 Å². The Morgan fingerprint density at radius 1 is 1.64 bits per heavy atom. The number of H-pyrrole nitrogens is 1. The van der Waals surface area contributed by atoms with E-state index in [1.165, 1.54) is 6.33 Å². The lowest BCUT2D eigenvalue weighted by atomic mass is 10.1. The highest BCUT2D eigenvalue weighted by Crippen LogP contribution is 2.12. The summed E-state index contributed by atoms with van der Waals surface area (Å²) in [5, 5.41) is 0. The van der Waals surface area contributed by atoms with Gasteiger partial charge in [0.2, 0.25) is 5.88 Å². The van der Waals surface area contributed by atoms with E-state index in [0.717, 1.165) is 0 Å². The normalized spacial score (nSPS) is 11.4. The zero-order valence-electron chi connectivity index (χ0n) is 8.20. The van der Waals surface area contributed by atoms with Crippen LogP contribution in [0.1, 0.15) is 13.8 Å². The molecule has 0 aliphatic carbocycles. The number of rotatable bonds is 3. The van der Waals surface area contributed by atoms with Crippen molar-refractivity contribution < 1.29 is 4.74 Å². The molecule has 1 rings (SSSR count). The lowest BCUT2D eigenvalue weighted by molar-refractivity contribution is 0.236. The van der Waals surface area contributed by atoms with Crippen LogP contribution in [0.5, 0.6) is 5.88 Å². The van der Waals surface area contributed by atoms with E-state index in [1.54, 1.807) is 13.8 Å². The maximum atomic E-state index is 11.0. The Hall–Kier alpha value is -1.56. The first-order valence-corrected chi connectivity index (χ1v) is 4.15. The highest BCUT2D eigenvalue weighted by atomic mass is 16.5. The Morgan fingerprint density at radius 3 is 2.86 bits per heavy atom. The Kier molecular flexibility index (Phi) is 2.76. The summed E-state index contributed by atoms with van der Waals surface area (Å²) >= 11 is 0. The molecule has 0 saturated carbocycles. The molecule has 1 heterocycles. The molecule has 0 aromatic carbocycles. The fourth-order valence-corrected chi connectivity index (χ4v) is 0.763. The first-order valence-electron chi connectivity index (χ1n) is 4.15. The molecule has 6 nitrogen and oxygen atoms in total. The van der Waals surface area contributed by atoms with Crippen molar-refractivity contribution in [3.8, 4) is 5.88 Å². The number of nitrogens with one attached hydrogen (secondary N) is 1. The molecule has 0 radical (unpaired) electrons. The van der Waals surface area contributed by atoms with Gasteiger partial charge < -0.3 is 21.2 Å². The summed E-state index contributed by atoms with van der Waals surface area (Å²) in [6.07, 6.45) is 1.23. The molecule has 0 atom stereocenters. The minimum absolute atomic E-state index is 0.0308. The molecule has 0 fully saturated rings. The van der Waals surface area contributed by atoms with Gasteiger partial charge in [0.25, 0.3) is 5.56 Å². The molecule has 0 aliphatic rings. The van der Waals surface area contributed by atoms with Crippen LogP contribution in [0.25, 0.3) is 0 Å². The summed E-state index contributed by atoms with van der Waals surface area (Å²) < 4.78 is 5.20. The fourth-order valence-electron chi connectivity index (χ4n) is 0.763. The molecule has 0 amide bonds. The molecule has 1 aromatic rings. The van der Waals surface area contributed by atoms with Crippen molar-refractivity contribution in [2.75, 3.05) is 12.3 Å². The van der Waals surface area contributed by atoms with Crippen LogP contribution in [-0.4, -0.2) is 22.1 Å². The van der Waals surface area contributed by atoms with Gasteiger partial charge in [-0.05, 0) is 13.8 Å². The van der Waals surface area contributed by atoms with Crippen LogP contribution >= 0.6 is 0 Å². The third-order valence-corrected chi connectivity index (χ3v) is 1.43. The molecule has 0 bridgehead atoms. The second kappa shape index (κ2) is 3.67. The molecule has 0 spiro atoms. The average Bonchev–Trinajstić information content (AvgIpc) is 2.06. The van der Waals surface area contributed by atoms with Crippen LogP contribution in [0.4, 0.5) is 5.69 Å². The molecule has 0 aliphatic heterocycles. The fraction of sp³-hybridized carbons (Fsp3) is 0.500. The van der Waals surface area contributed by atoms with Gasteiger partial charge in [-0.1, -0.05) is 0 Å². The van der Waals surface area contributed by atoms with Crippen molar-refractivity contribution in [1.82, 2.24) is 9.97 Å². The first kappa shape index (κ1) is 10.5. The van der Waals surface area contributed by atoms with Crippen molar-refractivity contribution in [1.29, 1.82) is 0 Å². The maximum absolute atomic E-state index is 11.0. The molecular weight excluding hydrogens is 184 g/mol. The molecule has 0 unspecified atom stereocenters. The molecule has 6 heteroatoms. The maximum Gasteiger partial charge on any atom is 0.277 e. The quantitative estimate of drug-likeness (QED) is 0.605. The van der Waals surface area contributed by atoms with Gasteiger partial charge in [0, 0.05) is 5.54 Å². The number of nitrogen functional groups attached to an aromatic ring is 1.